The van der Waals surface area contributed by atoms with E-state index in [-0.39, 0.29) is 5.41 Å². The predicted octanol–water partition coefficient (Wildman–Crippen LogP) is 4.32. The minimum Gasteiger partial charge on any atom is -0.323 e. The van der Waals surface area contributed by atoms with Gasteiger partial charge in [0.2, 0.25) is 0 Å². The minimum atomic E-state index is 0.118. The van der Waals surface area contributed by atoms with Crippen LogP contribution in [0.2, 0.25) is 0 Å². The molecule has 0 amide bonds. The maximum atomic E-state index is 6.47. The second-order valence-corrected chi connectivity index (χ2v) is 4.43. The third-order valence-electron chi connectivity index (χ3n) is 1.60. The van der Waals surface area contributed by atoms with Crippen molar-refractivity contribution >= 4 is 11.9 Å². The molecule has 0 radical (unpaired) electrons. The number of nitrogens with one attached hydrogen (secondary N) is 2. The quantitative estimate of drug-likeness (QED) is 0.311. The van der Waals surface area contributed by atoms with Crippen molar-refractivity contribution in [1.29, 1.82) is 5.41 Å². The number of aromatic nitrogens is 3. The Kier molecular flexibility index (Phi) is 27.3. The highest BCUT2D eigenvalue weighted by atomic mass is 15.3. The standard InChI is InChI=1S/C6H11N3.C3H7N3.C3H6.2C2H6/c1-6(2,3)5-4-7-9-8-5;1-3(2-4)6-5;1-3-2;2*1-2/h4H,1-3H3,(H,7,8,9);2,4H,5H2,1H3;3H,1H2,2H3;2*1-2H3/b;4-2?,6-3-;;;. The predicted molar refractivity (Wildman–Crippen MR) is 99.7 cm³/mol. The van der Waals surface area contributed by atoms with Gasteiger partial charge in [0, 0.05) is 11.6 Å². The first-order chi connectivity index (χ1) is 10.3. The van der Waals surface area contributed by atoms with Crippen LogP contribution in [0.15, 0.2) is 24.0 Å². The molecule has 0 aliphatic heterocycles. The van der Waals surface area contributed by atoms with E-state index in [0.29, 0.717) is 5.71 Å². The first-order valence-corrected chi connectivity index (χ1v) is 7.51. The summed E-state index contributed by atoms with van der Waals surface area (Å²) in [4.78, 5) is 0. The number of hydrogen-bond donors (Lipinski definition) is 3. The first-order valence-electron chi connectivity index (χ1n) is 7.51. The zero-order chi connectivity index (χ0) is 18.6. The third-order valence-corrected chi connectivity index (χ3v) is 1.60. The lowest BCUT2D eigenvalue weighted by Crippen LogP contribution is -2.11. The average molecular weight is 313 g/mol. The van der Waals surface area contributed by atoms with Crippen molar-refractivity contribution in [3.8, 4) is 0 Å². The Balaban J connectivity index is -0.000000109. The molecule has 0 bridgehead atoms. The number of aromatic amines is 1. The fourth-order valence-corrected chi connectivity index (χ4v) is 0.600. The molecule has 0 unspecified atom stereocenters. The number of hydrazone groups is 1. The Morgan fingerprint density at radius 3 is 1.82 bits per heavy atom. The lowest BCUT2D eigenvalue weighted by Gasteiger charge is -2.12. The maximum absolute atomic E-state index is 6.47. The van der Waals surface area contributed by atoms with Gasteiger partial charge < -0.3 is 11.3 Å². The molecule has 1 aromatic rings. The minimum absolute atomic E-state index is 0.118. The van der Waals surface area contributed by atoms with Crippen molar-refractivity contribution < 1.29 is 0 Å². The van der Waals surface area contributed by atoms with Crippen LogP contribution < -0.4 is 5.84 Å². The Hall–Kier alpha value is -1.98. The Morgan fingerprint density at radius 2 is 1.73 bits per heavy atom. The highest BCUT2D eigenvalue weighted by Gasteiger charge is 2.15. The van der Waals surface area contributed by atoms with Gasteiger partial charge in [-0.2, -0.15) is 20.5 Å². The van der Waals surface area contributed by atoms with Crippen LogP contribution in [-0.2, 0) is 5.41 Å². The first kappa shape index (κ1) is 28.2. The summed E-state index contributed by atoms with van der Waals surface area (Å²) in [5.74, 6) is 4.72. The molecule has 0 aliphatic carbocycles. The molecule has 0 aliphatic rings. The zero-order valence-electron chi connectivity index (χ0n) is 15.9. The molecule has 0 aromatic carbocycles. The van der Waals surface area contributed by atoms with E-state index in [4.69, 9.17) is 11.3 Å². The highest BCUT2D eigenvalue weighted by Crippen LogP contribution is 2.17. The molecule has 0 saturated carbocycles. The summed E-state index contributed by atoms with van der Waals surface area (Å²) in [5, 5.41) is 19.9. The van der Waals surface area contributed by atoms with E-state index in [1.54, 1.807) is 19.2 Å². The van der Waals surface area contributed by atoms with Crippen molar-refractivity contribution in [3.05, 3.63) is 24.5 Å². The zero-order valence-corrected chi connectivity index (χ0v) is 15.9. The maximum Gasteiger partial charge on any atom is 0.0877 e. The van der Waals surface area contributed by atoms with E-state index < -0.39 is 0 Å². The monoisotopic (exact) mass is 312 g/mol. The van der Waals surface area contributed by atoms with Crippen LogP contribution in [0.4, 0.5) is 0 Å². The molecule has 0 spiro atoms. The molecular formula is C16H36N6. The SMILES string of the molecule is C/C(C=N)=N/N.C=CC.CC.CC.CC(C)(C)c1cn[nH]n1. The number of hydrogen-bond acceptors (Lipinski definition) is 5. The molecule has 0 fully saturated rings. The molecule has 1 rings (SSSR count). The Labute approximate surface area is 136 Å². The van der Waals surface area contributed by atoms with Crippen LogP contribution in [0, 0.1) is 5.41 Å². The van der Waals surface area contributed by atoms with Gasteiger partial charge >= 0.3 is 0 Å². The summed E-state index contributed by atoms with van der Waals surface area (Å²) in [5.41, 5.74) is 1.66. The average Bonchev–Trinajstić information content (AvgIpc) is 3.06. The van der Waals surface area contributed by atoms with E-state index in [0.717, 1.165) is 11.9 Å². The van der Waals surface area contributed by atoms with Gasteiger partial charge in [-0.3, -0.25) is 0 Å². The van der Waals surface area contributed by atoms with Crippen molar-refractivity contribution in [3.63, 3.8) is 0 Å². The number of nitrogens with two attached hydrogens (primary N) is 1. The van der Waals surface area contributed by atoms with Gasteiger partial charge in [0.05, 0.1) is 17.6 Å². The fraction of sp³-hybridized carbons (Fsp3) is 0.625. The molecule has 1 aromatic heterocycles. The topological polar surface area (TPSA) is 104 Å². The van der Waals surface area contributed by atoms with Crippen molar-refractivity contribution in [2.45, 2.75) is 67.7 Å². The van der Waals surface area contributed by atoms with Crippen LogP contribution in [0.5, 0.6) is 0 Å². The molecular weight excluding hydrogens is 276 g/mol. The molecule has 6 heteroatoms. The van der Waals surface area contributed by atoms with Gasteiger partial charge in [-0.1, -0.05) is 54.5 Å². The normalized spacial score (nSPS) is 9.05. The molecule has 6 nitrogen and oxygen atoms in total. The third kappa shape index (κ3) is 23.1. The summed E-state index contributed by atoms with van der Waals surface area (Å²) in [6, 6.07) is 0. The van der Waals surface area contributed by atoms with E-state index in [2.05, 4.69) is 47.9 Å². The van der Waals surface area contributed by atoms with E-state index in [1.165, 1.54) is 0 Å². The van der Waals surface area contributed by atoms with Gasteiger partial charge in [-0.25, -0.2) is 0 Å². The van der Waals surface area contributed by atoms with Crippen LogP contribution in [0.1, 0.15) is 68.0 Å². The van der Waals surface area contributed by atoms with Gasteiger partial charge in [-0.05, 0) is 13.8 Å². The molecule has 0 saturated heterocycles. The van der Waals surface area contributed by atoms with Crippen LogP contribution in [-0.4, -0.2) is 27.3 Å². The smallest absolute Gasteiger partial charge is 0.0877 e. The Bertz CT molecular complexity index is 347. The lowest BCUT2D eigenvalue weighted by atomic mass is 9.93. The Morgan fingerprint density at radius 1 is 1.32 bits per heavy atom. The van der Waals surface area contributed by atoms with Crippen LogP contribution >= 0.6 is 0 Å². The number of H-pyrrole nitrogens is 1. The van der Waals surface area contributed by atoms with Crippen molar-refractivity contribution in [2.24, 2.45) is 10.9 Å². The van der Waals surface area contributed by atoms with Gasteiger partial charge in [0.25, 0.3) is 0 Å². The second kappa shape index (κ2) is 21.3. The van der Waals surface area contributed by atoms with Gasteiger partial charge in [0.15, 0.2) is 0 Å². The van der Waals surface area contributed by atoms with Gasteiger partial charge in [-0.15, -0.1) is 6.58 Å². The molecule has 4 N–H and O–H groups in total. The number of rotatable bonds is 1. The summed E-state index contributed by atoms with van der Waals surface area (Å²) in [7, 11) is 0. The largest absolute Gasteiger partial charge is 0.323 e. The second-order valence-electron chi connectivity index (χ2n) is 4.43. The lowest BCUT2D eigenvalue weighted by molar-refractivity contribution is 0.567. The molecule has 0 atom stereocenters. The molecule has 1 heterocycles. The van der Waals surface area contributed by atoms with E-state index in [9.17, 15) is 0 Å². The van der Waals surface area contributed by atoms with Crippen molar-refractivity contribution in [2.75, 3.05) is 0 Å². The van der Waals surface area contributed by atoms with E-state index in [1.807, 2.05) is 34.6 Å². The van der Waals surface area contributed by atoms with Gasteiger partial charge in [0.1, 0.15) is 0 Å². The summed E-state index contributed by atoms with van der Waals surface area (Å²) < 4.78 is 0. The highest BCUT2D eigenvalue weighted by molar-refractivity contribution is 6.28. The number of allylic oxidation sites excluding steroid dienone is 1. The van der Waals surface area contributed by atoms with Crippen LogP contribution in [0.3, 0.4) is 0 Å². The fourth-order valence-electron chi connectivity index (χ4n) is 0.600. The number of nitrogens with zero attached hydrogens (tertiary/aromatic N) is 3. The summed E-state index contributed by atoms with van der Waals surface area (Å²) >= 11 is 0. The summed E-state index contributed by atoms with van der Waals surface area (Å²) in [6.45, 7) is 21.2. The van der Waals surface area contributed by atoms with E-state index >= 15 is 0 Å². The molecule has 130 valence electrons. The van der Waals surface area contributed by atoms with Crippen LogP contribution in [0.25, 0.3) is 0 Å². The van der Waals surface area contributed by atoms with Crippen molar-refractivity contribution in [1.82, 2.24) is 15.4 Å². The molecule has 22 heavy (non-hydrogen) atoms. The summed E-state index contributed by atoms with van der Waals surface area (Å²) in [6.07, 6.45) is 4.60.